The number of ether oxygens (including phenoxy) is 2. The number of amides is 1. The number of hydrogen-bond donors (Lipinski definition) is 2. The highest BCUT2D eigenvalue weighted by Crippen LogP contribution is 2.30. The van der Waals surface area contributed by atoms with Gasteiger partial charge < -0.3 is 25.0 Å². The molecule has 1 atom stereocenters. The topological polar surface area (TPSA) is 75.7 Å². The van der Waals surface area contributed by atoms with Crippen molar-refractivity contribution in [1.82, 2.24) is 15.6 Å². The van der Waals surface area contributed by atoms with E-state index in [-0.39, 0.29) is 12.1 Å². The lowest BCUT2D eigenvalue weighted by Gasteiger charge is -2.23. The molecule has 138 valence electrons. The van der Waals surface area contributed by atoms with E-state index in [1.54, 1.807) is 18.4 Å². The van der Waals surface area contributed by atoms with Gasteiger partial charge in [0.1, 0.15) is 5.60 Å². The predicted octanol–water partition coefficient (Wildman–Crippen LogP) is 2.61. The van der Waals surface area contributed by atoms with Gasteiger partial charge in [-0.05, 0) is 27.2 Å². The number of hydrogen-bond acceptors (Lipinski definition) is 7. The van der Waals surface area contributed by atoms with Crippen LogP contribution in [-0.2, 0) is 11.3 Å². The Balaban J connectivity index is 2.51. The zero-order valence-corrected chi connectivity index (χ0v) is 16.5. The van der Waals surface area contributed by atoms with Gasteiger partial charge in [0.2, 0.25) is 5.88 Å². The summed E-state index contributed by atoms with van der Waals surface area (Å²) in [4.78, 5) is 19.3. The molecule has 1 amide bonds. The number of alkyl carbamates (subject to hydrolysis) is 1. The molecule has 0 fully saturated rings. The molecular formula is C16H30N4O3S. The fraction of sp³-hybridized carbons (Fsp3) is 0.750. The third kappa shape index (κ3) is 6.92. The largest absolute Gasteiger partial charge is 0.480 e. The monoisotopic (exact) mass is 358 g/mol. The molecule has 1 rings (SSSR count). The first-order chi connectivity index (χ1) is 11.2. The van der Waals surface area contributed by atoms with Crippen LogP contribution < -0.4 is 20.3 Å². The molecule has 0 aliphatic rings. The third-order valence-electron chi connectivity index (χ3n) is 3.12. The van der Waals surface area contributed by atoms with Crippen LogP contribution in [0.2, 0.25) is 0 Å². The number of carbonyl (C=O) groups is 1. The molecule has 24 heavy (non-hydrogen) atoms. The molecule has 0 bridgehead atoms. The Bertz CT molecular complexity index is 526. The SMILES string of the molecule is CCC(CNCc1sc(N(C)C)nc1OC)NC(=O)OC(C)(C)C. The van der Waals surface area contributed by atoms with Crippen molar-refractivity contribution in [3.8, 4) is 5.88 Å². The molecule has 0 radical (unpaired) electrons. The van der Waals surface area contributed by atoms with Crippen LogP contribution in [0.1, 0.15) is 39.0 Å². The summed E-state index contributed by atoms with van der Waals surface area (Å²) in [7, 11) is 5.53. The second kappa shape index (κ2) is 9.08. The number of anilines is 1. The van der Waals surface area contributed by atoms with E-state index < -0.39 is 5.60 Å². The van der Waals surface area contributed by atoms with Crippen molar-refractivity contribution in [2.75, 3.05) is 32.6 Å². The first-order valence-corrected chi connectivity index (χ1v) is 8.89. The van der Waals surface area contributed by atoms with Crippen molar-refractivity contribution in [3.05, 3.63) is 4.88 Å². The van der Waals surface area contributed by atoms with Crippen molar-refractivity contribution in [2.24, 2.45) is 0 Å². The fourth-order valence-electron chi connectivity index (χ4n) is 1.92. The normalized spacial score (nSPS) is 12.6. The van der Waals surface area contributed by atoms with E-state index in [1.807, 2.05) is 46.7 Å². The summed E-state index contributed by atoms with van der Waals surface area (Å²) in [5.41, 5.74) is -0.492. The first kappa shape index (κ1) is 20.5. The minimum atomic E-state index is -0.492. The minimum Gasteiger partial charge on any atom is -0.480 e. The Morgan fingerprint density at radius 3 is 2.54 bits per heavy atom. The molecule has 8 heteroatoms. The number of aromatic nitrogens is 1. The second-order valence-corrected chi connectivity index (χ2v) is 7.77. The highest BCUT2D eigenvalue weighted by Gasteiger charge is 2.19. The van der Waals surface area contributed by atoms with Crippen LogP contribution >= 0.6 is 11.3 Å². The second-order valence-electron chi connectivity index (χ2n) is 6.71. The molecule has 1 unspecified atom stereocenters. The fourth-order valence-corrected chi connectivity index (χ4v) is 2.84. The molecule has 0 aromatic carbocycles. The van der Waals surface area contributed by atoms with E-state index in [9.17, 15) is 4.79 Å². The molecule has 0 spiro atoms. The van der Waals surface area contributed by atoms with E-state index in [1.165, 1.54) is 0 Å². The highest BCUT2D eigenvalue weighted by molar-refractivity contribution is 7.15. The number of methoxy groups -OCH3 is 1. The van der Waals surface area contributed by atoms with Gasteiger partial charge in [0.05, 0.1) is 12.0 Å². The summed E-state index contributed by atoms with van der Waals surface area (Å²) in [6.45, 7) is 8.87. The molecule has 7 nitrogen and oxygen atoms in total. The van der Waals surface area contributed by atoms with Gasteiger partial charge in [0.25, 0.3) is 0 Å². The molecule has 1 heterocycles. The van der Waals surface area contributed by atoms with Crippen LogP contribution in [0.4, 0.5) is 9.93 Å². The van der Waals surface area contributed by atoms with Gasteiger partial charge in [-0.3, -0.25) is 0 Å². The van der Waals surface area contributed by atoms with Crippen LogP contribution in [0, 0.1) is 0 Å². The maximum absolute atomic E-state index is 11.8. The van der Waals surface area contributed by atoms with Crippen molar-refractivity contribution in [1.29, 1.82) is 0 Å². The van der Waals surface area contributed by atoms with E-state index in [4.69, 9.17) is 9.47 Å². The molecule has 0 aliphatic carbocycles. The van der Waals surface area contributed by atoms with Crippen molar-refractivity contribution < 1.29 is 14.3 Å². The summed E-state index contributed by atoms with van der Waals surface area (Å²) in [6.07, 6.45) is 0.427. The lowest BCUT2D eigenvalue weighted by molar-refractivity contribution is 0.0502. The minimum absolute atomic E-state index is 0.00656. The molecular weight excluding hydrogens is 328 g/mol. The van der Waals surface area contributed by atoms with E-state index in [0.29, 0.717) is 19.0 Å². The lowest BCUT2D eigenvalue weighted by atomic mass is 10.2. The number of nitrogens with zero attached hydrogens (tertiary/aromatic N) is 2. The Labute approximate surface area is 148 Å². The quantitative estimate of drug-likeness (QED) is 0.744. The molecule has 2 N–H and O–H groups in total. The maximum Gasteiger partial charge on any atom is 0.407 e. The number of rotatable bonds is 8. The molecule has 1 aromatic rings. The summed E-state index contributed by atoms with van der Waals surface area (Å²) in [6, 6.07) is 0.00656. The predicted molar refractivity (Wildman–Crippen MR) is 98.1 cm³/mol. The lowest BCUT2D eigenvalue weighted by Crippen LogP contribution is -2.43. The van der Waals surface area contributed by atoms with Gasteiger partial charge in [0, 0.05) is 33.2 Å². The van der Waals surface area contributed by atoms with Crippen molar-refractivity contribution >= 4 is 22.6 Å². The molecule has 1 aromatic heterocycles. The molecule has 0 aliphatic heterocycles. The van der Waals surface area contributed by atoms with Gasteiger partial charge in [-0.2, -0.15) is 4.98 Å². The Kier molecular flexibility index (Phi) is 7.75. The molecule has 0 saturated heterocycles. The van der Waals surface area contributed by atoms with Gasteiger partial charge in [-0.25, -0.2) is 4.79 Å². The van der Waals surface area contributed by atoms with Gasteiger partial charge in [-0.15, -0.1) is 0 Å². The zero-order chi connectivity index (χ0) is 18.3. The average molecular weight is 359 g/mol. The number of carbonyl (C=O) groups excluding carboxylic acids is 1. The average Bonchev–Trinajstić information content (AvgIpc) is 2.87. The van der Waals surface area contributed by atoms with Crippen LogP contribution in [0.5, 0.6) is 5.88 Å². The maximum atomic E-state index is 11.8. The van der Waals surface area contributed by atoms with E-state index >= 15 is 0 Å². The van der Waals surface area contributed by atoms with Crippen molar-refractivity contribution in [3.63, 3.8) is 0 Å². The summed E-state index contributed by atoms with van der Waals surface area (Å²) in [5, 5.41) is 7.14. The van der Waals surface area contributed by atoms with Gasteiger partial charge in [-0.1, -0.05) is 18.3 Å². The summed E-state index contributed by atoms with van der Waals surface area (Å²) >= 11 is 1.59. The van der Waals surface area contributed by atoms with E-state index in [0.717, 1.165) is 16.4 Å². The summed E-state index contributed by atoms with van der Waals surface area (Å²) in [5.74, 6) is 0.643. The van der Waals surface area contributed by atoms with E-state index in [2.05, 4.69) is 15.6 Å². The smallest absolute Gasteiger partial charge is 0.407 e. The Hall–Kier alpha value is -1.54. The van der Waals surface area contributed by atoms with Crippen LogP contribution in [0.3, 0.4) is 0 Å². The summed E-state index contributed by atoms with van der Waals surface area (Å²) < 4.78 is 10.6. The van der Waals surface area contributed by atoms with Gasteiger partial charge in [0.15, 0.2) is 5.13 Å². The zero-order valence-electron chi connectivity index (χ0n) is 15.7. The Morgan fingerprint density at radius 1 is 1.38 bits per heavy atom. The van der Waals surface area contributed by atoms with Crippen LogP contribution in [0.15, 0.2) is 0 Å². The van der Waals surface area contributed by atoms with Crippen LogP contribution in [-0.4, -0.2) is 50.5 Å². The first-order valence-electron chi connectivity index (χ1n) is 8.07. The highest BCUT2D eigenvalue weighted by atomic mass is 32.1. The van der Waals surface area contributed by atoms with Gasteiger partial charge >= 0.3 is 6.09 Å². The third-order valence-corrected chi connectivity index (χ3v) is 4.32. The molecule has 0 saturated carbocycles. The van der Waals surface area contributed by atoms with Crippen molar-refractivity contribution in [2.45, 2.75) is 52.3 Å². The van der Waals surface area contributed by atoms with Crippen LogP contribution in [0.25, 0.3) is 0 Å². The standard InChI is InChI=1S/C16H30N4O3S/c1-8-11(18-15(21)23-16(2,3)4)9-17-10-12-13(22-7)19-14(24-12)20(5)6/h11,17H,8-10H2,1-7H3,(H,18,21). The Morgan fingerprint density at radius 2 is 2.04 bits per heavy atom. The number of nitrogens with one attached hydrogen (secondary N) is 2. The number of thiazole rings is 1.